The monoisotopic (exact) mass is 374 g/mol. The Kier molecular flexibility index (Phi) is 6.34. The maximum atomic E-state index is 13.3. The van der Waals surface area contributed by atoms with Crippen molar-refractivity contribution in [3.63, 3.8) is 0 Å². The van der Waals surface area contributed by atoms with Gasteiger partial charge in [-0.15, -0.1) is 8.61 Å². The van der Waals surface area contributed by atoms with Crippen molar-refractivity contribution >= 4 is 20.0 Å². The van der Waals surface area contributed by atoms with Crippen LogP contribution in [0.25, 0.3) is 0 Å². The maximum absolute atomic E-state index is 13.3. The van der Waals surface area contributed by atoms with Crippen LogP contribution >= 0.6 is 0 Å². The summed E-state index contributed by atoms with van der Waals surface area (Å²) in [6, 6.07) is 0. The normalized spacial score (nSPS) is 14.7. The summed E-state index contributed by atoms with van der Waals surface area (Å²) in [6.45, 7) is -14.4. The summed E-state index contributed by atoms with van der Waals surface area (Å²) >= 11 is 0. The smallest absolute Gasteiger partial charge is 0.233 e. The number of sulfonamides is 2. The Hall–Kier alpha value is -0.740. The van der Waals surface area contributed by atoms with E-state index >= 15 is 0 Å². The molecule has 0 saturated heterocycles. The van der Waals surface area contributed by atoms with Gasteiger partial charge in [-0.2, -0.15) is 26.3 Å². The van der Waals surface area contributed by atoms with Gasteiger partial charge in [-0.1, -0.05) is 0 Å². The summed E-state index contributed by atoms with van der Waals surface area (Å²) in [6.07, 6.45) is 0. The van der Waals surface area contributed by atoms with Gasteiger partial charge in [-0.05, 0) is 0 Å². The van der Waals surface area contributed by atoms with Gasteiger partial charge in [0, 0.05) is 0 Å². The minimum Gasteiger partial charge on any atom is -0.233 e. The second-order valence-corrected chi connectivity index (χ2v) is 7.16. The Morgan fingerprint density at radius 3 is 1.14 bits per heavy atom. The number of nitrogens with zero attached hydrogens (tertiary/aromatic N) is 2. The van der Waals surface area contributed by atoms with Gasteiger partial charge in [-0.3, -0.25) is 0 Å². The van der Waals surface area contributed by atoms with E-state index in [2.05, 4.69) is 0 Å². The zero-order chi connectivity index (χ0) is 17.2. The van der Waals surface area contributed by atoms with Gasteiger partial charge in [-0.25, -0.2) is 25.6 Å². The van der Waals surface area contributed by atoms with E-state index in [1.807, 2.05) is 0 Å². The fourth-order valence-corrected chi connectivity index (χ4v) is 3.71. The molecule has 0 aliphatic heterocycles. The van der Waals surface area contributed by atoms with Gasteiger partial charge in [0.05, 0.1) is 0 Å². The zero-order valence-electron chi connectivity index (χ0n) is 9.44. The Morgan fingerprint density at radius 1 is 0.762 bits per heavy atom. The number of rotatable bonds is 8. The van der Waals surface area contributed by atoms with Crippen molar-refractivity contribution in [2.45, 2.75) is 17.7 Å². The van der Waals surface area contributed by atoms with Gasteiger partial charge in [0.1, 0.15) is 0 Å². The van der Waals surface area contributed by atoms with Crippen LogP contribution in [0.1, 0.15) is 0 Å². The van der Waals surface area contributed by atoms with Crippen molar-refractivity contribution < 1.29 is 52.0 Å². The van der Waals surface area contributed by atoms with Gasteiger partial charge >= 0.3 is 37.7 Å². The van der Waals surface area contributed by atoms with Crippen molar-refractivity contribution in [3.05, 3.63) is 0 Å². The predicted molar refractivity (Wildman–Crippen MR) is 50.4 cm³/mol. The van der Waals surface area contributed by atoms with E-state index in [9.17, 15) is 52.0 Å². The zero-order valence-corrected chi connectivity index (χ0v) is 11.1. The highest BCUT2D eigenvalue weighted by Gasteiger charge is 2.65. The van der Waals surface area contributed by atoms with Crippen molar-refractivity contribution in [1.29, 1.82) is 0 Å². The largest absolute Gasteiger partial charge is 0.473 e. The topological polar surface area (TPSA) is 74.8 Å². The maximum Gasteiger partial charge on any atom is 0.473 e. The van der Waals surface area contributed by atoms with E-state index in [0.717, 1.165) is 0 Å². The van der Waals surface area contributed by atoms with Gasteiger partial charge < -0.3 is 0 Å². The van der Waals surface area contributed by atoms with E-state index in [4.69, 9.17) is 0 Å². The van der Waals surface area contributed by atoms with Crippen LogP contribution in [0.5, 0.6) is 0 Å². The highest BCUT2D eigenvalue weighted by Crippen LogP contribution is 2.36. The van der Waals surface area contributed by atoms with E-state index in [-0.39, 0.29) is 0 Å². The van der Waals surface area contributed by atoms with Crippen molar-refractivity contribution in [1.82, 2.24) is 8.61 Å². The quantitative estimate of drug-likeness (QED) is 0.471. The first-order valence-electron chi connectivity index (χ1n) is 4.37. The van der Waals surface area contributed by atoms with Crippen LogP contribution in [0, 0.1) is 0 Å². The lowest BCUT2D eigenvalue weighted by Crippen LogP contribution is -2.54. The minimum absolute atomic E-state index is 1.88. The Labute approximate surface area is 113 Å². The number of halogens is 8. The van der Waals surface area contributed by atoms with E-state index in [1.54, 1.807) is 0 Å². The third-order valence-electron chi connectivity index (χ3n) is 1.89. The lowest BCUT2D eigenvalue weighted by atomic mass is 11.1. The third kappa shape index (κ3) is 3.37. The fraction of sp³-hybridized carbons (Fsp3) is 1.00. The molecule has 0 saturated carbocycles. The van der Waals surface area contributed by atoms with Crippen LogP contribution < -0.4 is 0 Å². The average Bonchev–Trinajstić information content (AvgIpc) is 2.27. The molecule has 0 unspecified atom stereocenters. The number of hydrogen-bond acceptors (Lipinski definition) is 4. The number of alkyl halides is 8. The molecule has 0 aromatic rings. The van der Waals surface area contributed by atoms with Gasteiger partial charge in [0.2, 0.25) is 0 Å². The Bertz CT molecular complexity index is 501. The molecule has 0 radical (unpaired) electrons. The lowest BCUT2D eigenvalue weighted by Gasteiger charge is -2.27. The van der Waals surface area contributed by atoms with E-state index < -0.39 is 59.9 Å². The Morgan fingerprint density at radius 2 is 1.00 bits per heavy atom. The fourth-order valence-electron chi connectivity index (χ4n) is 0.849. The summed E-state index contributed by atoms with van der Waals surface area (Å²) in [4.78, 5) is 0. The molecule has 16 heteroatoms. The van der Waals surface area contributed by atoms with Crippen molar-refractivity contribution in [2.24, 2.45) is 0 Å². The average molecular weight is 374 g/mol. The van der Waals surface area contributed by atoms with Crippen LogP contribution in [0.3, 0.4) is 0 Å². The molecule has 0 heterocycles. The summed E-state index contributed by atoms with van der Waals surface area (Å²) in [5.74, 6) is 0. The summed E-state index contributed by atoms with van der Waals surface area (Å²) < 4.78 is 133. The molecule has 0 spiro atoms. The molecule has 128 valence electrons. The second kappa shape index (κ2) is 6.57. The standard InChI is InChI=1S/C5H6F8N2O4S2/c6-1-14(3(8)9)20(16,17)5(12,13)21(18,19)15(2-7)4(10)11/h3-4H,1-2H2. The molecule has 0 bridgehead atoms. The molecular weight excluding hydrogens is 368 g/mol. The second-order valence-electron chi connectivity index (χ2n) is 3.04. The molecule has 6 nitrogen and oxygen atoms in total. The molecule has 0 aliphatic rings. The first kappa shape index (κ1) is 20.3. The van der Waals surface area contributed by atoms with Gasteiger partial charge in [0.15, 0.2) is 13.6 Å². The first-order valence-corrected chi connectivity index (χ1v) is 7.25. The highest BCUT2D eigenvalue weighted by atomic mass is 32.3. The van der Waals surface area contributed by atoms with Crippen molar-refractivity contribution in [2.75, 3.05) is 13.6 Å². The summed E-state index contributed by atoms with van der Waals surface area (Å²) in [5, 5.41) is 0. The summed E-state index contributed by atoms with van der Waals surface area (Å²) in [7, 11) is -13.9. The van der Waals surface area contributed by atoms with Crippen LogP contribution in [-0.2, 0) is 20.0 Å². The van der Waals surface area contributed by atoms with Crippen LogP contribution in [0.2, 0.25) is 0 Å². The third-order valence-corrected chi connectivity index (χ3v) is 6.10. The van der Waals surface area contributed by atoms with Crippen molar-refractivity contribution in [3.8, 4) is 0 Å². The van der Waals surface area contributed by atoms with Crippen LogP contribution in [0.15, 0.2) is 0 Å². The molecule has 0 fully saturated rings. The molecule has 21 heavy (non-hydrogen) atoms. The highest BCUT2D eigenvalue weighted by molar-refractivity contribution is 8.07. The van der Waals surface area contributed by atoms with Gasteiger partial charge in [0.25, 0.3) is 0 Å². The molecule has 0 aliphatic carbocycles. The molecule has 0 aromatic heterocycles. The minimum atomic E-state index is -6.95. The molecular formula is C5H6F8N2O4S2. The lowest BCUT2D eigenvalue weighted by molar-refractivity contribution is -0.00510. The van der Waals surface area contributed by atoms with E-state index in [0.29, 0.717) is 0 Å². The van der Waals surface area contributed by atoms with Crippen LogP contribution in [-0.4, -0.2) is 56.7 Å². The number of hydrogen-bond donors (Lipinski definition) is 0. The molecule has 0 aromatic carbocycles. The molecule has 0 N–H and O–H groups in total. The molecule has 0 rings (SSSR count). The molecule has 0 atom stereocenters. The predicted octanol–water partition coefficient (Wildman–Crippen LogP) is 1.10. The first-order chi connectivity index (χ1) is 9.28. The SMILES string of the molecule is O=S(=O)(N(CF)C(F)F)C(F)(F)S(=O)(=O)N(CF)C(F)F. The van der Waals surface area contributed by atoms with Crippen LogP contribution in [0.4, 0.5) is 35.1 Å². The molecule has 0 amide bonds. The van der Waals surface area contributed by atoms with E-state index in [1.165, 1.54) is 0 Å². The Balaban J connectivity index is 6.08. The summed E-state index contributed by atoms with van der Waals surface area (Å²) in [5.41, 5.74) is 0.